The van der Waals surface area contributed by atoms with E-state index in [0.29, 0.717) is 34.6 Å². The van der Waals surface area contributed by atoms with Crippen molar-refractivity contribution in [1.82, 2.24) is 10.2 Å². The predicted octanol–water partition coefficient (Wildman–Crippen LogP) is 6.27. The third-order valence-electron chi connectivity index (χ3n) is 6.33. The maximum atomic E-state index is 14.2. The molecule has 0 bridgehead atoms. The Morgan fingerprint density at radius 2 is 1.55 bits per heavy atom. The van der Waals surface area contributed by atoms with Crippen LogP contribution >= 0.6 is 35.1 Å². The van der Waals surface area contributed by atoms with Gasteiger partial charge in [-0.15, -0.1) is 0 Å². The van der Waals surface area contributed by atoms with Crippen molar-refractivity contribution in [2.75, 3.05) is 36.3 Å². The number of anilines is 1. The van der Waals surface area contributed by atoms with Crippen LogP contribution in [0.5, 0.6) is 0 Å². The zero-order chi connectivity index (χ0) is 28.6. The smallest absolute Gasteiger partial charge is 0.315 e. The SMILES string of the molecule is CCOC(=O)CC(=O)NCCSN(c1cc(F)cc(F)c1)C1CN(C(c2ccc(Cl)cc2)c2ccc(Cl)cc2)C1. The van der Waals surface area contributed by atoms with Gasteiger partial charge in [-0.1, -0.05) is 47.5 Å². The van der Waals surface area contributed by atoms with Crippen molar-refractivity contribution in [3.63, 3.8) is 0 Å². The maximum Gasteiger partial charge on any atom is 0.315 e. The lowest BCUT2D eigenvalue weighted by atomic mass is 9.93. The summed E-state index contributed by atoms with van der Waals surface area (Å²) in [5, 5.41) is 3.98. The number of benzene rings is 3. The molecule has 0 unspecified atom stereocenters. The summed E-state index contributed by atoms with van der Waals surface area (Å²) in [6.45, 7) is 3.39. The molecule has 6 nitrogen and oxygen atoms in total. The van der Waals surface area contributed by atoms with E-state index in [1.54, 1.807) is 6.92 Å². The molecule has 0 radical (unpaired) electrons. The molecule has 1 heterocycles. The van der Waals surface area contributed by atoms with Gasteiger partial charge in [-0.3, -0.25) is 14.5 Å². The lowest BCUT2D eigenvalue weighted by molar-refractivity contribution is -0.145. The number of hydrogen-bond donors (Lipinski definition) is 1. The first-order chi connectivity index (χ1) is 19.2. The monoisotopic (exact) mass is 607 g/mol. The van der Waals surface area contributed by atoms with Crippen LogP contribution in [-0.2, 0) is 14.3 Å². The van der Waals surface area contributed by atoms with Crippen molar-refractivity contribution in [2.45, 2.75) is 25.4 Å². The number of halogens is 4. The Hall–Kier alpha value is -2.85. The van der Waals surface area contributed by atoms with Gasteiger partial charge in [-0.25, -0.2) is 8.78 Å². The number of carbonyl (C=O) groups is 2. The molecule has 4 rings (SSSR count). The number of likely N-dealkylation sites (tertiary alicyclic amines) is 1. The summed E-state index contributed by atoms with van der Waals surface area (Å²) in [6, 6.07) is 18.7. The third kappa shape index (κ3) is 8.10. The molecule has 1 aliphatic rings. The summed E-state index contributed by atoms with van der Waals surface area (Å²) >= 11 is 13.6. The van der Waals surface area contributed by atoms with Crippen molar-refractivity contribution in [3.05, 3.63) is 99.5 Å². The Morgan fingerprint density at radius 3 is 2.08 bits per heavy atom. The summed E-state index contributed by atoms with van der Waals surface area (Å²) in [4.78, 5) is 25.8. The first-order valence-electron chi connectivity index (χ1n) is 12.8. The Balaban J connectivity index is 1.46. The summed E-state index contributed by atoms with van der Waals surface area (Å²) in [5.74, 6) is -1.93. The van der Waals surface area contributed by atoms with Crippen molar-refractivity contribution in [2.24, 2.45) is 0 Å². The van der Waals surface area contributed by atoms with Gasteiger partial charge >= 0.3 is 5.97 Å². The van der Waals surface area contributed by atoms with E-state index in [4.69, 9.17) is 27.9 Å². The van der Waals surface area contributed by atoms with Gasteiger partial charge in [0.05, 0.1) is 24.4 Å². The fourth-order valence-corrected chi connectivity index (χ4v) is 5.79. The number of esters is 1. The molecule has 1 saturated heterocycles. The Bertz CT molecular complexity index is 1240. The number of nitrogens with one attached hydrogen (secondary N) is 1. The molecule has 1 N–H and O–H groups in total. The highest BCUT2D eigenvalue weighted by Crippen LogP contribution is 2.38. The molecular weight excluding hydrogens is 579 g/mol. The molecule has 0 spiro atoms. The molecule has 0 atom stereocenters. The zero-order valence-corrected chi connectivity index (χ0v) is 24.1. The number of carbonyl (C=O) groups excluding carboxylic acids is 2. The minimum atomic E-state index is -0.667. The van der Waals surface area contributed by atoms with Gasteiger partial charge in [0.15, 0.2) is 0 Å². The van der Waals surface area contributed by atoms with E-state index < -0.39 is 23.5 Å². The van der Waals surface area contributed by atoms with Crippen LogP contribution in [0.25, 0.3) is 0 Å². The summed E-state index contributed by atoms with van der Waals surface area (Å²) in [7, 11) is 0. The van der Waals surface area contributed by atoms with E-state index >= 15 is 0 Å². The molecule has 1 aliphatic heterocycles. The highest BCUT2D eigenvalue weighted by Gasteiger charge is 2.38. The van der Waals surface area contributed by atoms with Crippen molar-refractivity contribution in [1.29, 1.82) is 0 Å². The van der Waals surface area contributed by atoms with Gasteiger partial charge in [0.25, 0.3) is 0 Å². The first-order valence-corrected chi connectivity index (χ1v) is 14.5. The number of rotatable bonds is 12. The highest BCUT2D eigenvalue weighted by molar-refractivity contribution is 8.00. The normalized spacial score (nSPS) is 13.7. The minimum absolute atomic E-state index is 0.0523. The summed E-state index contributed by atoms with van der Waals surface area (Å²) in [6.07, 6.45) is -0.355. The van der Waals surface area contributed by atoms with E-state index in [1.807, 2.05) is 52.8 Å². The van der Waals surface area contributed by atoms with Crippen molar-refractivity contribution >= 4 is 52.7 Å². The summed E-state index contributed by atoms with van der Waals surface area (Å²) in [5.41, 5.74) is 2.52. The van der Waals surface area contributed by atoms with Gasteiger partial charge in [0.2, 0.25) is 5.91 Å². The van der Waals surface area contributed by atoms with E-state index in [0.717, 1.165) is 17.2 Å². The summed E-state index contributed by atoms with van der Waals surface area (Å²) < 4.78 is 35.0. The van der Waals surface area contributed by atoms with Crippen molar-refractivity contribution < 1.29 is 23.1 Å². The third-order valence-corrected chi connectivity index (χ3v) is 8.00. The number of hydrogen-bond acceptors (Lipinski definition) is 6. The molecule has 1 fully saturated rings. The molecule has 3 aromatic rings. The van der Waals surface area contributed by atoms with Gasteiger partial charge in [-0.05, 0) is 66.4 Å². The largest absolute Gasteiger partial charge is 0.466 e. The molecule has 0 saturated carbocycles. The molecule has 212 valence electrons. The van der Waals surface area contributed by atoms with Crippen LogP contribution in [0.3, 0.4) is 0 Å². The number of amides is 1. The Morgan fingerprint density at radius 1 is 1.00 bits per heavy atom. The molecule has 11 heteroatoms. The van der Waals surface area contributed by atoms with Crippen LogP contribution in [0.1, 0.15) is 30.5 Å². The second kappa shape index (κ2) is 14.2. The van der Waals surface area contributed by atoms with E-state index in [2.05, 4.69) is 10.2 Å². The average Bonchev–Trinajstić information content (AvgIpc) is 2.88. The standard InChI is InChI=1S/C29H29Cl2F2N3O3S/c1-2-39-28(38)16-27(37)34-11-12-40-36(25-14-23(32)13-24(33)15-25)26-17-35(18-26)29(19-3-7-21(30)8-4-19)20-5-9-22(31)10-6-20/h3-10,13-15,26,29H,2,11-12,16-18H2,1H3,(H,34,37). The lowest BCUT2D eigenvalue weighted by Gasteiger charge is -2.49. The van der Waals surface area contributed by atoms with E-state index in [-0.39, 0.29) is 31.7 Å². The molecule has 40 heavy (non-hydrogen) atoms. The molecule has 0 aromatic heterocycles. The Labute approximate surface area is 246 Å². The lowest BCUT2D eigenvalue weighted by Crippen LogP contribution is -2.59. The quantitative estimate of drug-likeness (QED) is 0.113. The molecule has 0 aliphatic carbocycles. The fourth-order valence-electron chi connectivity index (χ4n) is 4.55. The van der Waals surface area contributed by atoms with Gasteiger partial charge in [-0.2, -0.15) is 0 Å². The number of nitrogens with zero attached hydrogens (tertiary/aromatic N) is 2. The molecule has 1 amide bonds. The second-order valence-corrected chi connectivity index (χ2v) is 11.2. The van der Waals surface area contributed by atoms with Crippen molar-refractivity contribution in [3.8, 4) is 0 Å². The zero-order valence-electron chi connectivity index (χ0n) is 21.8. The first kappa shape index (κ1) is 30.1. The Kier molecular flexibility index (Phi) is 10.7. The number of ether oxygens (including phenoxy) is 1. The van der Waals surface area contributed by atoms with Crippen LogP contribution < -0.4 is 9.62 Å². The van der Waals surface area contributed by atoms with Crippen LogP contribution in [0.2, 0.25) is 10.0 Å². The second-order valence-electron chi connectivity index (χ2n) is 9.23. The van der Waals surface area contributed by atoms with Crippen LogP contribution in [0.4, 0.5) is 14.5 Å². The minimum Gasteiger partial charge on any atom is -0.466 e. The molecular formula is C29H29Cl2F2N3O3S. The van der Waals surface area contributed by atoms with Crippen LogP contribution in [-0.4, -0.2) is 54.8 Å². The molecule has 3 aromatic carbocycles. The van der Waals surface area contributed by atoms with Crippen LogP contribution in [0.15, 0.2) is 66.7 Å². The maximum absolute atomic E-state index is 14.2. The van der Waals surface area contributed by atoms with E-state index in [1.165, 1.54) is 24.1 Å². The topological polar surface area (TPSA) is 61.9 Å². The van der Waals surface area contributed by atoms with Gasteiger partial charge in [0.1, 0.15) is 18.1 Å². The average molecular weight is 609 g/mol. The predicted molar refractivity (Wildman–Crippen MR) is 156 cm³/mol. The fraction of sp³-hybridized carbons (Fsp3) is 0.310. The van der Waals surface area contributed by atoms with Gasteiger partial charge < -0.3 is 14.4 Å². The van der Waals surface area contributed by atoms with Crippen LogP contribution in [0, 0.1) is 11.6 Å². The van der Waals surface area contributed by atoms with E-state index in [9.17, 15) is 18.4 Å². The highest BCUT2D eigenvalue weighted by atomic mass is 35.5. The van der Waals surface area contributed by atoms with Gasteiger partial charge in [0, 0.05) is 41.5 Å².